The molecule has 3 aliphatic rings. The molecule has 0 aliphatic carbocycles. The lowest BCUT2D eigenvalue weighted by Gasteiger charge is -2.30. The van der Waals surface area contributed by atoms with E-state index in [0.717, 1.165) is 69.5 Å². The third-order valence-electron chi connectivity index (χ3n) is 13.5. The summed E-state index contributed by atoms with van der Waals surface area (Å²) in [6.07, 6.45) is 5.05. The van der Waals surface area contributed by atoms with E-state index in [0.29, 0.717) is 43.3 Å². The van der Waals surface area contributed by atoms with Crippen LogP contribution in [-0.4, -0.2) is 104 Å². The van der Waals surface area contributed by atoms with Gasteiger partial charge < -0.3 is 53.9 Å². The molecule has 368 valence electrons. The number of alkyl halides is 2. The van der Waals surface area contributed by atoms with Crippen molar-refractivity contribution in [3.05, 3.63) is 96.3 Å². The van der Waals surface area contributed by atoms with Crippen LogP contribution in [0.4, 0.5) is 18.4 Å². The number of fused-ring (bicyclic) bond motifs is 5. The van der Waals surface area contributed by atoms with E-state index in [1.165, 1.54) is 26.4 Å². The zero-order valence-corrected chi connectivity index (χ0v) is 39.8. The number of aromatic nitrogens is 5. The highest BCUT2D eigenvalue weighted by Gasteiger charge is 2.39. The highest BCUT2D eigenvalue weighted by molar-refractivity contribution is 5.92. The lowest BCUT2D eigenvalue weighted by atomic mass is 10.0. The molecule has 2 fully saturated rings. The van der Waals surface area contributed by atoms with Crippen molar-refractivity contribution in [1.29, 1.82) is 0 Å². The number of nitrogens with one attached hydrogen (secondary N) is 4. The molecule has 5 unspecified atom stereocenters. The van der Waals surface area contributed by atoms with Gasteiger partial charge in [0.05, 0.1) is 61.3 Å². The summed E-state index contributed by atoms with van der Waals surface area (Å²) in [6, 6.07) is 18.7. The number of nitrogens with zero attached hydrogens (tertiary/aromatic N) is 5. The van der Waals surface area contributed by atoms with Gasteiger partial charge in [-0.2, -0.15) is 8.78 Å². The van der Waals surface area contributed by atoms with Crippen LogP contribution in [0.15, 0.2) is 79.1 Å². The van der Waals surface area contributed by atoms with Gasteiger partial charge in [-0.15, -0.1) is 0 Å². The van der Waals surface area contributed by atoms with Crippen LogP contribution in [0.5, 0.6) is 11.5 Å². The lowest BCUT2D eigenvalue weighted by Crippen LogP contribution is -2.51. The predicted molar refractivity (Wildman–Crippen MR) is 255 cm³/mol. The van der Waals surface area contributed by atoms with Gasteiger partial charge in [-0.3, -0.25) is 9.59 Å². The van der Waals surface area contributed by atoms with Crippen LogP contribution in [0.25, 0.3) is 44.7 Å². The number of carbonyl (C=O) groups excluding carboxylic acids is 4. The number of amides is 4. The fourth-order valence-electron chi connectivity index (χ4n) is 9.95. The first-order valence-corrected chi connectivity index (χ1v) is 23.6. The summed E-state index contributed by atoms with van der Waals surface area (Å²) >= 11 is 0. The maximum Gasteiger partial charge on any atom is 0.407 e. The largest absolute Gasteiger partial charge is 0.469 e. The molecule has 0 radical (unpaired) electrons. The minimum absolute atomic E-state index is 0.0593. The number of aromatic amines is 2. The number of halogens is 2. The van der Waals surface area contributed by atoms with Gasteiger partial charge in [0.15, 0.2) is 6.23 Å². The molecule has 3 aromatic heterocycles. The number of alkyl carbamates (subject to hydrolysis) is 2. The van der Waals surface area contributed by atoms with Crippen LogP contribution in [0.2, 0.25) is 0 Å². The number of hydrogen-bond acceptors (Lipinski definition) is 10. The summed E-state index contributed by atoms with van der Waals surface area (Å²) in [5.41, 5.74) is 6.75. The molecular formula is C51H57F2N9O8. The van der Waals surface area contributed by atoms with Crippen LogP contribution < -0.4 is 20.1 Å². The summed E-state index contributed by atoms with van der Waals surface area (Å²) in [6.45, 7) is 5.64. The van der Waals surface area contributed by atoms with E-state index in [2.05, 4.69) is 42.0 Å². The van der Waals surface area contributed by atoms with Crippen molar-refractivity contribution < 1.29 is 46.9 Å². The minimum atomic E-state index is -2.94. The first kappa shape index (κ1) is 47.6. The van der Waals surface area contributed by atoms with Gasteiger partial charge in [-0.05, 0) is 85.5 Å². The zero-order valence-electron chi connectivity index (χ0n) is 39.8. The monoisotopic (exact) mass is 961 g/mol. The first-order chi connectivity index (χ1) is 33.7. The molecule has 0 saturated carbocycles. The van der Waals surface area contributed by atoms with Gasteiger partial charge in [-0.25, -0.2) is 19.6 Å². The number of imidazole rings is 2. The molecule has 5 atom stereocenters. The van der Waals surface area contributed by atoms with Gasteiger partial charge in [0.2, 0.25) is 11.8 Å². The maximum atomic E-state index is 13.8. The molecule has 0 bridgehead atoms. The second-order valence-corrected chi connectivity index (χ2v) is 18.6. The normalized spacial score (nSPS) is 18.4. The number of methoxy groups -OCH3 is 2. The van der Waals surface area contributed by atoms with E-state index in [1.54, 1.807) is 34.3 Å². The molecule has 9 rings (SSSR count). The molecule has 4 amide bonds. The van der Waals surface area contributed by atoms with Crippen molar-refractivity contribution in [2.24, 2.45) is 11.8 Å². The van der Waals surface area contributed by atoms with Gasteiger partial charge in [0, 0.05) is 41.6 Å². The van der Waals surface area contributed by atoms with E-state index >= 15 is 0 Å². The van der Waals surface area contributed by atoms with E-state index in [9.17, 15) is 28.0 Å². The molecule has 19 heteroatoms. The third-order valence-corrected chi connectivity index (χ3v) is 13.5. The molecule has 70 heavy (non-hydrogen) atoms. The lowest BCUT2D eigenvalue weighted by molar-refractivity contribution is -0.136. The molecule has 6 aromatic rings. The zero-order chi connectivity index (χ0) is 49.4. The third kappa shape index (κ3) is 9.48. The molecule has 17 nitrogen and oxygen atoms in total. The Hall–Kier alpha value is -7.44. The SMILES string of the molecule is COC(=O)NC(C(=O)N1CCCC1c1ncc(-c2ccc3c(c2)OC(Cc2ccc(OC(F)F)cc2)n2c-3cc3cc(-c4cnc(C5CCCN5C(=O)C(NC(=O)OC)C(C)C)[nH]4)ccc32)[nH]1)C(C)C. The number of hydrogen-bond donors (Lipinski definition) is 4. The summed E-state index contributed by atoms with van der Waals surface area (Å²) in [7, 11) is 2.54. The Morgan fingerprint density at radius 3 is 1.81 bits per heavy atom. The minimum Gasteiger partial charge on any atom is -0.469 e. The van der Waals surface area contributed by atoms with Gasteiger partial charge in [0.25, 0.3) is 0 Å². The summed E-state index contributed by atoms with van der Waals surface area (Å²) < 4.78 is 49.3. The average molecular weight is 962 g/mol. The van der Waals surface area contributed by atoms with Crippen molar-refractivity contribution in [2.45, 2.75) is 96.8 Å². The number of H-pyrrole nitrogens is 2. The van der Waals surface area contributed by atoms with E-state index in [-0.39, 0.29) is 41.5 Å². The van der Waals surface area contributed by atoms with Crippen LogP contribution in [0.3, 0.4) is 0 Å². The number of benzene rings is 3. The Morgan fingerprint density at radius 1 is 0.743 bits per heavy atom. The van der Waals surface area contributed by atoms with E-state index < -0.39 is 37.1 Å². The number of carbonyl (C=O) groups is 4. The highest BCUT2D eigenvalue weighted by atomic mass is 19.3. The Labute approximate surface area is 403 Å². The summed E-state index contributed by atoms with van der Waals surface area (Å²) in [5.74, 6) is 1.28. The van der Waals surface area contributed by atoms with Crippen LogP contribution in [-0.2, 0) is 25.5 Å². The second-order valence-electron chi connectivity index (χ2n) is 18.6. The Morgan fingerprint density at radius 2 is 1.29 bits per heavy atom. The second kappa shape index (κ2) is 19.9. The van der Waals surface area contributed by atoms with Crippen molar-refractivity contribution >= 4 is 34.9 Å². The Balaban J connectivity index is 1.01. The van der Waals surface area contributed by atoms with E-state index in [1.807, 2.05) is 58.0 Å². The quantitative estimate of drug-likeness (QED) is 0.0818. The van der Waals surface area contributed by atoms with Crippen LogP contribution >= 0.6 is 0 Å². The van der Waals surface area contributed by atoms with Crippen molar-refractivity contribution in [1.82, 2.24) is 44.9 Å². The first-order valence-electron chi connectivity index (χ1n) is 23.6. The number of rotatable bonds is 14. The van der Waals surface area contributed by atoms with Gasteiger partial charge in [0.1, 0.15) is 35.2 Å². The molecular weight excluding hydrogens is 905 g/mol. The van der Waals surface area contributed by atoms with Crippen molar-refractivity contribution in [3.63, 3.8) is 0 Å². The topological polar surface area (TPSA) is 198 Å². The standard InChI is InChI=1S/C51H57F2N9O8/c1-27(2)43(58-50(65)67-5)47(63)60-19-7-9-38(60)45-54-25-35(56-45)30-14-18-37-32(22-30)23-40-34-17-13-31(24-41(34)70-42(62(37)40)21-29-11-15-33(16-12-29)69-49(52)53)36-26-55-46(57-36)39-10-8-20-61(39)48(64)44(28(3)4)59-51(66)68-6/h11-18,22-28,38-39,42-44,49H,7-10,19-21H2,1-6H3,(H,54,56)(H,55,57)(H,58,65)(H,59,66). The van der Waals surface area contributed by atoms with Gasteiger partial charge >= 0.3 is 18.8 Å². The smallest absolute Gasteiger partial charge is 0.407 e. The fourth-order valence-corrected chi connectivity index (χ4v) is 9.95. The molecule has 4 N–H and O–H groups in total. The molecule has 2 saturated heterocycles. The number of ether oxygens (including phenoxy) is 4. The van der Waals surface area contributed by atoms with Crippen molar-refractivity contribution in [2.75, 3.05) is 27.3 Å². The molecule has 0 spiro atoms. The maximum absolute atomic E-state index is 13.8. The summed E-state index contributed by atoms with van der Waals surface area (Å²) in [4.78, 5) is 71.9. The molecule has 3 aromatic carbocycles. The Kier molecular flexibility index (Phi) is 13.5. The van der Waals surface area contributed by atoms with Crippen molar-refractivity contribution in [3.8, 4) is 45.3 Å². The summed E-state index contributed by atoms with van der Waals surface area (Å²) in [5, 5.41) is 6.34. The molecule has 6 heterocycles. The average Bonchev–Trinajstić information content (AvgIpc) is 4.21. The number of likely N-dealkylation sites (tertiary alicyclic amines) is 2. The Bertz CT molecular complexity index is 2890. The van der Waals surface area contributed by atoms with Crippen LogP contribution in [0.1, 0.15) is 88.9 Å². The predicted octanol–water partition coefficient (Wildman–Crippen LogP) is 8.91. The fraction of sp³-hybridized carbons (Fsp3) is 0.412. The van der Waals surface area contributed by atoms with Gasteiger partial charge in [-0.1, -0.05) is 52.0 Å². The highest BCUT2D eigenvalue weighted by Crippen LogP contribution is 2.46. The molecule has 3 aliphatic heterocycles. The van der Waals surface area contributed by atoms with E-state index in [4.69, 9.17) is 24.2 Å². The van der Waals surface area contributed by atoms with Crippen LogP contribution in [0, 0.1) is 11.8 Å².